The first-order valence-corrected chi connectivity index (χ1v) is 5.76. The molecule has 0 amide bonds. The van der Waals surface area contributed by atoms with E-state index in [4.69, 9.17) is 15.2 Å². The molecule has 4 nitrogen and oxygen atoms in total. The molecule has 1 rings (SSSR count). The predicted molar refractivity (Wildman–Crippen MR) is 67.0 cm³/mol. The van der Waals surface area contributed by atoms with Gasteiger partial charge in [0.1, 0.15) is 0 Å². The first-order chi connectivity index (χ1) is 8.15. The molecule has 0 fully saturated rings. The van der Waals surface area contributed by atoms with Crippen molar-refractivity contribution in [2.24, 2.45) is 0 Å². The van der Waals surface area contributed by atoms with E-state index in [2.05, 4.69) is 0 Å². The van der Waals surface area contributed by atoms with E-state index in [0.29, 0.717) is 37.5 Å². The van der Waals surface area contributed by atoms with Gasteiger partial charge in [-0.2, -0.15) is 0 Å². The van der Waals surface area contributed by atoms with E-state index in [9.17, 15) is 4.79 Å². The molecule has 0 radical (unpaired) electrons. The number of nitrogen functional groups attached to an aromatic ring is 1. The Morgan fingerprint density at radius 2 is 2.12 bits per heavy atom. The molecular formula is C13H19NO3. The average Bonchev–Trinajstić information content (AvgIpc) is 2.32. The monoisotopic (exact) mass is 237 g/mol. The van der Waals surface area contributed by atoms with Crippen LogP contribution in [0.5, 0.6) is 0 Å². The van der Waals surface area contributed by atoms with Crippen molar-refractivity contribution < 1.29 is 14.3 Å². The quantitative estimate of drug-likeness (QED) is 0.468. The lowest BCUT2D eigenvalue weighted by molar-refractivity contribution is 0.0451. The summed E-state index contributed by atoms with van der Waals surface area (Å²) in [7, 11) is 0. The molecule has 1 aromatic rings. The maximum Gasteiger partial charge on any atom is 0.338 e. The topological polar surface area (TPSA) is 61.5 Å². The van der Waals surface area contributed by atoms with E-state index in [1.165, 1.54) is 0 Å². The fourth-order valence-electron chi connectivity index (χ4n) is 1.41. The summed E-state index contributed by atoms with van der Waals surface area (Å²) in [4.78, 5) is 11.7. The molecular weight excluding hydrogens is 218 g/mol. The van der Waals surface area contributed by atoms with Crippen molar-refractivity contribution in [3.8, 4) is 0 Å². The second-order valence-corrected chi connectivity index (χ2v) is 3.76. The Labute approximate surface area is 102 Å². The van der Waals surface area contributed by atoms with Crippen LogP contribution in [0.15, 0.2) is 18.2 Å². The molecule has 0 saturated carbocycles. The van der Waals surface area contributed by atoms with Gasteiger partial charge in [-0.1, -0.05) is 6.07 Å². The Morgan fingerprint density at radius 1 is 1.35 bits per heavy atom. The van der Waals surface area contributed by atoms with Gasteiger partial charge in [-0.3, -0.25) is 0 Å². The van der Waals surface area contributed by atoms with Gasteiger partial charge in [-0.05, 0) is 31.5 Å². The number of aryl methyl sites for hydroxylation is 1. The minimum atomic E-state index is -0.328. The Kier molecular flexibility index (Phi) is 5.49. The largest absolute Gasteiger partial charge is 0.462 e. The molecule has 0 aliphatic heterocycles. The zero-order valence-corrected chi connectivity index (χ0v) is 10.4. The SMILES string of the molecule is CCOCCCOC(=O)c1cc(N)ccc1C. The highest BCUT2D eigenvalue weighted by molar-refractivity contribution is 5.92. The van der Waals surface area contributed by atoms with Crippen molar-refractivity contribution >= 4 is 11.7 Å². The van der Waals surface area contributed by atoms with Crippen LogP contribution >= 0.6 is 0 Å². The summed E-state index contributed by atoms with van der Waals surface area (Å²) in [6, 6.07) is 5.22. The summed E-state index contributed by atoms with van der Waals surface area (Å²) in [5, 5.41) is 0. The maximum absolute atomic E-state index is 11.7. The van der Waals surface area contributed by atoms with Gasteiger partial charge in [-0.15, -0.1) is 0 Å². The third kappa shape index (κ3) is 4.44. The van der Waals surface area contributed by atoms with E-state index in [-0.39, 0.29) is 5.97 Å². The summed E-state index contributed by atoms with van der Waals surface area (Å²) in [5.41, 5.74) is 7.60. The van der Waals surface area contributed by atoms with Crippen LogP contribution in [-0.4, -0.2) is 25.8 Å². The first kappa shape index (κ1) is 13.5. The Hall–Kier alpha value is -1.55. The molecule has 94 valence electrons. The van der Waals surface area contributed by atoms with Gasteiger partial charge in [0.15, 0.2) is 0 Å². The summed E-state index contributed by atoms with van der Waals surface area (Å²) in [5.74, 6) is -0.328. The number of nitrogens with two attached hydrogens (primary N) is 1. The molecule has 2 N–H and O–H groups in total. The minimum Gasteiger partial charge on any atom is -0.462 e. The highest BCUT2D eigenvalue weighted by Crippen LogP contribution is 2.13. The average molecular weight is 237 g/mol. The third-order valence-corrected chi connectivity index (χ3v) is 2.35. The summed E-state index contributed by atoms with van der Waals surface area (Å²) in [6.45, 7) is 5.45. The molecule has 0 saturated heterocycles. The van der Waals surface area contributed by atoms with Crippen LogP contribution in [0.2, 0.25) is 0 Å². The van der Waals surface area contributed by atoms with Crippen molar-refractivity contribution in [3.05, 3.63) is 29.3 Å². The number of esters is 1. The predicted octanol–water partition coefficient (Wildman–Crippen LogP) is 2.16. The molecule has 4 heteroatoms. The molecule has 17 heavy (non-hydrogen) atoms. The summed E-state index contributed by atoms with van der Waals surface area (Å²) < 4.78 is 10.3. The fraction of sp³-hybridized carbons (Fsp3) is 0.462. The van der Waals surface area contributed by atoms with Gasteiger partial charge in [0, 0.05) is 25.3 Å². The number of hydrogen-bond acceptors (Lipinski definition) is 4. The number of benzene rings is 1. The molecule has 1 aromatic carbocycles. The van der Waals surface area contributed by atoms with Crippen LogP contribution in [0.1, 0.15) is 29.3 Å². The van der Waals surface area contributed by atoms with Gasteiger partial charge in [0.25, 0.3) is 0 Å². The van der Waals surface area contributed by atoms with Gasteiger partial charge in [-0.25, -0.2) is 4.79 Å². The lowest BCUT2D eigenvalue weighted by Gasteiger charge is -2.07. The highest BCUT2D eigenvalue weighted by atomic mass is 16.5. The molecule has 0 aliphatic carbocycles. The van der Waals surface area contributed by atoms with E-state index in [1.54, 1.807) is 12.1 Å². The first-order valence-electron chi connectivity index (χ1n) is 5.76. The van der Waals surface area contributed by atoms with Gasteiger partial charge < -0.3 is 15.2 Å². The van der Waals surface area contributed by atoms with E-state index < -0.39 is 0 Å². The number of carbonyl (C=O) groups excluding carboxylic acids is 1. The van der Waals surface area contributed by atoms with Crippen molar-refractivity contribution in [2.45, 2.75) is 20.3 Å². The molecule has 0 aromatic heterocycles. The van der Waals surface area contributed by atoms with Crippen molar-refractivity contribution in [1.82, 2.24) is 0 Å². The molecule has 0 bridgehead atoms. The Morgan fingerprint density at radius 3 is 2.82 bits per heavy atom. The van der Waals surface area contributed by atoms with Crippen LogP contribution in [0.3, 0.4) is 0 Å². The molecule has 0 atom stereocenters. The zero-order chi connectivity index (χ0) is 12.7. The normalized spacial score (nSPS) is 10.2. The lowest BCUT2D eigenvalue weighted by atomic mass is 10.1. The lowest BCUT2D eigenvalue weighted by Crippen LogP contribution is -2.10. The Balaban J connectivity index is 2.44. The van der Waals surface area contributed by atoms with Gasteiger partial charge >= 0.3 is 5.97 Å². The smallest absolute Gasteiger partial charge is 0.338 e. The summed E-state index contributed by atoms with van der Waals surface area (Å²) >= 11 is 0. The number of hydrogen-bond donors (Lipinski definition) is 1. The van der Waals surface area contributed by atoms with Gasteiger partial charge in [0.05, 0.1) is 12.2 Å². The van der Waals surface area contributed by atoms with E-state index >= 15 is 0 Å². The highest BCUT2D eigenvalue weighted by Gasteiger charge is 2.10. The van der Waals surface area contributed by atoms with E-state index in [0.717, 1.165) is 5.56 Å². The van der Waals surface area contributed by atoms with Crippen LogP contribution in [0, 0.1) is 6.92 Å². The van der Waals surface area contributed by atoms with Crippen molar-refractivity contribution in [3.63, 3.8) is 0 Å². The molecule has 0 aliphatic rings. The number of ether oxygens (including phenoxy) is 2. The van der Waals surface area contributed by atoms with Gasteiger partial charge in [0.2, 0.25) is 0 Å². The summed E-state index contributed by atoms with van der Waals surface area (Å²) in [6.07, 6.45) is 0.709. The minimum absolute atomic E-state index is 0.328. The third-order valence-electron chi connectivity index (χ3n) is 2.35. The number of rotatable bonds is 6. The van der Waals surface area contributed by atoms with Crippen LogP contribution in [-0.2, 0) is 9.47 Å². The van der Waals surface area contributed by atoms with Crippen LogP contribution < -0.4 is 5.73 Å². The van der Waals surface area contributed by atoms with Crippen molar-refractivity contribution in [1.29, 1.82) is 0 Å². The second kappa shape index (κ2) is 6.91. The standard InChI is InChI=1S/C13H19NO3/c1-3-16-7-4-8-17-13(15)12-9-11(14)6-5-10(12)2/h5-6,9H,3-4,7-8,14H2,1-2H3. The zero-order valence-electron chi connectivity index (χ0n) is 10.4. The molecule has 0 unspecified atom stereocenters. The molecule has 0 spiro atoms. The number of carbonyl (C=O) groups is 1. The second-order valence-electron chi connectivity index (χ2n) is 3.76. The molecule has 0 heterocycles. The van der Waals surface area contributed by atoms with Crippen molar-refractivity contribution in [2.75, 3.05) is 25.6 Å². The fourth-order valence-corrected chi connectivity index (χ4v) is 1.41. The van der Waals surface area contributed by atoms with E-state index in [1.807, 2.05) is 19.9 Å². The number of anilines is 1. The van der Waals surface area contributed by atoms with Crippen LogP contribution in [0.4, 0.5) is 5.69 Å². The maximum atomic E-state index is 11.7. The Bertz CT molecular complexity index is 377. The van der Waals surface area contributed by atoms with Crippen LogP contribution in [0.25, 0.3) is 0 Å².